The molecule has 0 radical (unpaired) electrons. The van der Waals surface area contributed by atoms with Gasteiger partial charge in [-0.05, 0) is 46.5 Å². The first-order chi connectivity index (χ1) is 15.5. The molecule has 1 saturated carbocycles. The summed E-state index contributed by atoms with van der Waals surface area (Å²) < 4.78 is 5.34. The predicted octanol–water partition coefficient (Wildman–Crippen LogP) is 5.71. The average molecular weight is 421 g/mol. The number of benzene rings is 4. The number of methoxy groups -OCH3 is 1. The second-order valence-corrected chi connectivity index (χ2v) is 8.56. The minimum atomic E-state index is -1.08. The van der Waals surface area contributed by atoms with Crippen LogP contribution in [0.5, 0.6) is 5.75 Å². The van der Waals surface area contributed by atoms with Gasteiger partial charge in [-0.1, -0.05) is 84.9 Å². The van der Waals surface area contributed by atoms with Crippen LogP contribution in [0.3, 0.4) is 0 Å². The lowest BCUT2D eigenvalue weighted by Gasteiger charge is -2.45. The van der Waals surface area contributed by atoms with Crippen molar-refractivity contribution in [3.63, 3.8) is 0 Å². The van der Waals surface area contributed by atoms with Gasteiger partial charge in [0.1, 0.15) is 11.2 Å². The van der Waals surface area contributed by atoms with Crippen LogP contribution in [0.4, 0.5) is 0 Å². The third kappa shape index (κ3) is 3.04. The molecule has 1 atom stereocenters. The van der Waals surface area contributed by atoms with E-state index in [2.05, 4.69) is 6.07 Å². The number of carbonyl (C=O) groups excluding carboxylic acids is 2. The minimum absolute atomic E-state index is 0.0163. The van der Waals surface area contributed by atoms with Gasteiger partial charge in [-0.15, -0.1) is 0 Å². The maximum Gasteiger partial charge on any atom is 0.162 e. The molecule has 0 saturated heterocycles. The van der Waals surface area contributed by atoms with Crippen molar-refractivity contribution in [2.45, 2.75) is 18.3 Å². The third-order valence-corrected chi connectivity index (χ3v) is 6.82. The highest BCUT2D eigenvalue weighted by Gasteiger charge is 2.62. The van der Waals surface area contributed by atoms with Gasteiger partial charge in [0.15, 0.2) is 11.6 Å². The van der Waals surface area contributed by atoms with E-state index in [9.17, 15) is 9.59 Å². The lowest BCUT2D eigenvalue weighted by atomic mass is 9.52. The van der Waals surface area contributed by atoms with E-state index in [1.165, 1.54) is 0 Å². The Balaban J connectivity index is 1.60. The second-order valence-electron chi connectivity index (χ2n) is 8.56. The molecule has 32 heavy (non-hydrogen) atoms. The first kappa shape index (κ1) is 20.2. The maximum atomic E-state index is 13.6. The molecule has 1 unspecified atom stereocenters. The standard InChI is InChI=1S/C29H24O3/c1-29(23-11-7-4-8-12-23)27(30)26(28(29)31)25(19-9-5-3-6-10-19)22-14-13-21-18-24(32-2)16-15-20(21)17-22/h3-18,25-26H,1-2H3. The highest BCUT2D eigenvalue weighted by Crippen LogP contribution is 2.49. The minimum Gasteiger partial charge on any atom is -0.497 e. The Bertz CT molecular complexity index is 1290. The molecule has 0 aromatic heterocycles. The third-order valence-electron chi connectivity index (χ3n) is 6.82. The fourth-order valence-corrected chi connectivity index (χ4v) is 4.94. The van der Waals surface area contributed by atoms with Crippen LogP contribution >= 0.6 is 0 Å². The fraction of sp³-hybridized carbons (Fsp3) is 0.172. The quantitative estimate of drug-likeness (QED) is 0.389. The van der Waals surface area contributed by atoms with E-state index in [1.807, 2.05) is 91.0 Å². The lowest BCUT2D eigenvalue weighted by Crippen LogP contribution is -2.62. The molecule has 1 aliphatic rings. The Morgan fingerprint density at radius 2 is 1.31 bits per heavy atom. The van der Waals surface area contributed by atoms with Gasteiger partial charge in [-0.2, -0.15) is 0 Å². The summed E-state index contributed by atoms with van der Waals surface area (Å²) in [6, 6.07) is 31.3. The summed E-state index contributed by atoms with van der Waals surface area (Å²) in [6.45, 7) is 1.76. The van der Waals surface area contributed by atoms with Crippen molar-refractivity contribution in [3.8, 4) is 5.75 Å². The fourth-order valence-electron chi connectivity index (χ4n) is 4.94. The summed E-state index contributed by atoms with van der Waals surface area (Å²) in [7, 11) is 1.65. The van der Waals surface area contributed by atoms with Crippen molar-refractivity contribution in [2.24, 2.45) is 5.92 Å². The monoisotopic (exact) mass is 420 g/mol. The lowest BCUT2D eigenvalue weighted by molar-refractivity contribution is -0.153. The SMILES string of the molecule is COc1ccc2cc(C(c3ccccc3)C3C(=O)C(C)(c4ccccc4)C3=O)ccc2c1. The highest BCUT2D eigenvalue weighted by atomic mass is 16.5. The molecular formula is C29H24O3. The zero-order chi connectivity index (χ0) is 22.3. The van der Waals surface area contributed by atoms with Crippen LogP contribution in [0.25, 0.3) is 10.8 Å². The molecule has 1 aliphatic carbocycles. The Hall–Kier alpha value is -3.72. The van der Waals surface area contributed by atoms with Crippen molar-refractivity contribution in [2.75, 3.05) is 7.11 Å². The Kier molecular flexibility index (Phi) is 4.90. The molecule has 4 aromatic rings. The normalized spacial score (nSPS) is 21.2. The van der Waals surface area contributed by atoms with Crippen LogP contribution in [0.15, 0.2) is 97.1 Å². The van der Waals surface area contributed by atoms with E-state index < -0.39 is 11.3 Å². The molecule has 0 heterocycles. The summed E-state index contributed by atoms with van der Waals surface area (Å²) >= 11 is 0. The molecule has 3 heteroatoms. The van der Waals surface area contributed by atoms with E-state index >= 15 is 0 Å². The number of Topliss-reactive ketones (excluding diaryl/α,β-unsaturated/α-hetero) is 2. The van der Waals surface area contributed by atoms with Crippen LogP contribution in [0.1, 0.15) is 29.5 Å². The zero-order valence-corrected chi connectivity index (χ0v) is 18.1. The number of ether oxygens (including phenoxy) is 1. The van der Waals surface area contributed by atoms with Gasteiger partial charge >= 0.3 is 0 Å². The number of fused-ring (bicyclic) bond motifs is 1. The van der Waals surface area contributed by atoms with Crippen molar-refractivity contribution in [1.29, 1.82) is 0 Å². The summed E-state index contributed by atoms with van der Waals surface area (Å²) in [5.74, 6) is -0.250. The van der Waals surface area contributed by atoms with E-state index in [4.69, 9.17) is 4.74 Å². The molecule has 0 spiro atoms. The molecule has 0 bridgehead atoms. The van der Waals surface area contributed by atoms with Crippen molar-refractivity contribution in [1.82, 2.24) is 0 Å². The summed E-state index contributed by atoms with van der Waals surface area (Å²) in [5.41, 5.74) is 1.63. The molecule has 0 aliphatic heterocycles. The van der Waals surface area contributed by atoms with Crippen molar-refractivity contribution < 1.29 is 14.3 Å². The van der Waals surface area contributed by atoms with E-state index in [0.29, 0.717) is 0 Å². The molecular weight excluding hydrogens is 396 g/mol. The van der Waals surface area contributed by atoms with Gasteiger partial charge in [-0.25, -0.2) is 0 Å². The van der Waals surface area contributed by atoms with E-state index in [0.717, 1.165) is 33.2 Å². The summed E-state index contributed by atoms with van der Waals surface area (Å²) in [6.07, 6.45) is 0. The summed E-state index contributed by atoms with van der Waals surface area (Å²) in [5, 5.41) is 2.11. The largest absolute Gasteiger partial charge is 0.497 e. The summed E-state index contributed by atoms with van der Waals surface area (Å²) in [4.78, 5) is 27.2. The molecule has 0 amide bonds. The van der Waals surface area contributed by atoms with Gasteiger partial charge in [0, 0.05) is 5.92 Å². The van der Waals surface area contributed by atoms with Crippen LogP contribution < -0.4 is 4.74 Å². The average Bonchev–Trinajstić information content (AvgIpc) is 2.86. The molecule has 0 N–H and O–H groups in total. The van der Waals surface area contributed by atoms with Crippen molar-refractivity contribution >= 4 is 22.3 Å². The van der Waals surface area contributed by atoms with Crippen LogP contribution in [-0.4, -0.2) is 18.7 Å². The first-order valence-electron chi connectivity index (χ1n) is 10.8. The Morgan fingerprint density at radius 1 is 0.719 bits per heavy atom. The van der Waals surface area contributed by atoms with E-state index in [1.54, 1.807) is 14.0 Å². The van der Waals surface area contributed by atoms with E-state index in [-0.39, 0.29) is 17.5 Å². The van der Waals surface area contributed by atoms with Crippen LogP contribution in [0, 0.1) is 5.92 Å². The topological polar surface area (TPSA) is 43.4 Å². The van der Waals surface area contributed by atoms with Gasteiger partial charge < -0.3 is 4.74 Å². The highest BCUT2D eigenvalue weighted by molar-refractivity contribution is 6.32. The molecule has 5 rings (SSSR count). The zero-order valence-electron chi connectivity index (χ0n) is 18.1. The second kappa shape index (κ2) is 7.76. The Labute approximate surface area is 187 Å². The van der Waals surface area contributed by atoms with Crippen molar-refractivity contribution in [3.05, 3.63) is 114 Å². The maximum absolute atomic E-state index is 13.6. The number of hydrogen-bond acceptors (Lipinski definition) is 3. The van der Waals surface area contributed by atoms with Crippen LogP contribution in [-0.2, 0) is 15.0 Å². The number of carbonyl (C=O) groups is 2. The van der Waals surface area contributed by atoms with Crippen LogP contribution in [0.2, 0.25) is 0 Å². The number of ketones is 2. The van der Waals surface area contributed by atoms with Gasteiger partial charge in [0.25, 0.3) is 0 Å². The molecule has 3 nitrogen and oxygen atoms in total. The van der Waals surface area contributed by atoms with Gasteiger partial charge in [0.2, 0.25) is 0 Å². The van der Waals surface area contributed by atoms with Gasteiger partial charge in [0.05, 0.1) is 13.0 Å². The Morgan fingerprint density at radius 3 is 1.97 bits per heavy atom. The molecule has 1 fully saturated rings. The molecule has 158 valence electrons. The first-order valence-corrected chi connectivity index (χ1v) is 10.8. The molecule has 4 aromatic carbocycles. The number of hydrogen-bond donors (Lipinski definition) is 0. The smallest absolute Gasteiger partial charge is 0.162 e. The predicted molar refractivity (Wildman–Crippen MR) is 126 cm³/mol. The number of rotatable bonds is 5. The van der Waals surface area contributed by atoms with Gasteiger partial charge in [-0.3, -0.25) is 9.59 Å².